The van der Waals surface area contributed by atoms with Gasteiger partial charge in [0.1, 0.15) is 6.10 Å². The summed E-state index contributed by atoms with van der Waals surface area (Å²) in [6.45, 7) is 2.15. The van der Waals surface area contributed by atoms with Crippen LogP contribution in [0.1, 0.15) is 37.3 Å². The van der Waals surface area contributed by atoms with E-state index in [1.165, 1.54) is 0 Å². The molecule has 4 nitrogen and oxygen atoms in total. The molecule has 1 aliphatic carbocycles. The van der Waals surface area contributed by atoms with Gasteiger partial charge in [0.25, 0.3) is 0 Å². The molecular formula is C19H17NO3. The number of hydrogen-bond donors (Lipinski definition) is 0. The standard InChI is InChI=1S/C19H17NO3/c1-2-22-19(21)12-16-11-10-15-7-4-3-6-14(15)8-5-9-17-13-18(16)20-23-17/h3-4,6-7,16-17H,2,9,12-13H2,1H3/t16-,17+/m1/s1. The number of carbonyl (C=O) groups is 1. The Kier molecular flexibility index (Phi) is 4.64. The van der Waals surface area contributed by atoms with Gasteiger partial charge in [-0.15, -0.1) is 0 Å². The molecule has 0 saturated heterocycles. The molecule has 0 spiro atoms. The average molecular weight is 307 g/mol. The Morgan fingerprint density at radius 1 is 1.35 bits per heavy atom. The van der Waals surface area contributed by atoms with Crippen LogP contribution in [0.3, 0.4) is 0 Å². The molecule has 2 aliphatic rings. The monoisotopic (exact) mass is 307 g/mol. The van der Waals surface area contributed by atoms with E-state index in [0.29, 0.717) is 19.4 Å². The third-order valence-corrected chi connectivity index (χ3v) is 3.70. The Morgan fingerprint density at radius 3 is 2.91 bits per heavy atom. The predicted octanol–water partition coefficient (Wildman–Crippen LogP) is 2.51. The Bertz CT molecular complexity index is 758. The van der Waals surface area contributed by atoms with Gasteiger partial charge in [-0.3, -0.25) is 4.79 Å². The van der Waals surface area contributed by atoms with Crippen molar-refractivity contribution < 1.29 is 14.4 Å². The number of nitrogens with zero attached hydrogens (tertiary/aromatic N) is 1. The lowest BCUT2D eigenvalue weighted by Crippen LogP contribution is -2.19. The summed E-state index contributed by atoms with van der Waals surface area (Å²) in [6.07, 6.45) is 1.39. The Morgan fingerprint density at radius 2 is 2.13 bits per heavy atom. The number of benzene rings is 1. The summed E-state index contributed by atoms with van der Waals surface area (Å²) in [6, 6.07) is 7.76. The van der Waals surface area contributed by atoms with Crippen LogP contribution in [0, 0.1) is 29.6 Å². The lowest BCUT2D eigenvalue weighted by atomic mass is 9.95. The molecule has 1 aliphatic heterocycles. The average Bonchev–Trinajstić information content (AvgIpc) is 3.00. The maximum Gasteiger partial charge on any atom is 0.307 e. The number of rotatable bonds is 3. The van der Waals surface area contributed by atoms with Crippen LogP contribution >= 0.6 is 0 Å². The molecule has 1 aromatic rings. The molecule has 4 heteroatoms. The van der Waals surface area contributed by atoms with Crippen molar-refractivity contribution in [3.63, 3.8) is 0 Å². The first kappa shape index (κ1) is 15.2. The summed E-state index contributed by atoms with van der Waals surface area (Å²) in [5, 5.41) is 4.12. The maximum absolute atomic E-state index is 11.8. The highest BCUT2D eigenvalue weighted by molar-refractivity contribution is 5.93. The van der Waals surface area contributed by atoms with Crippen LogP contribution < -0.4 is 0 Å². The zero-order valence-corrected chi connectivity index (χ0v) is 13.0. The quantitative estimate of drug-likeness (QED) is 0.637. The van der Waals surface area contributed by atoms with E-state index in [-0.39, 0.29) is 24.4 Å². The Hall–Kier alpha value is -2.72. The molecule has 0 saturated carbocycles. The number of ether oxygens (including phenoxy) is 1. The van der Waals surface area contributed by atoms with Gasteiger partial charge >= 0.3 is 5.97 Å². The predicted molar refractivity (Wildman–Crippen MR) is 86.5 cm³/mol. The molecule has 0 aromatic heterocycles. The van der Waals surface area contributed by atoms with Crippen LogP contribution in [0.25, 0.3) is 0 Å². The molecule has 0 N–H and O–H groups in total. The minimum atomic E-state index is -0.287. The van der Waals surface area contributed by atoms with Gasteiger partial charge in [0.2, 0.25) is 0 Å². The van der Waals surface area contributed by atoms with Crippen LogP contribution in [0.5, 0.6) is 0 Å². The summed E-state index contributed by atoms with van der Waals surface area (Å²) in [5.74, 6) is 12.0. The van der Waals surface area contributed by atoms with Gasteiger partial charge in [-0.2, -0.15) is 0 Å². The van der Waals surface area contributed by atoms with Gasteiger partial charge in [0.05, 0.1) is 24.7 Å². The highest BCUT2D eigenvalue weighted by atomic mass is 16.6. The second kappa shape index (κ2) is 7.03. The minimum Gasteiger partial charge on any atom is -0.466 e. The van der Waals surface area contributed by atoms with E-state index >= 15 is 0 Å². The largest absolute Gasteiger partial charge is 0.466 e. The normalized spacial score (nSPS) is 21.2. The van der Waals surface area contributed by atoms with Crippen molar-refractivity contribution in [2.45, 2.75) is 32.3 Å². The van der Waals surface area contributed by atoms with E-state index in [1.807, 2.05) is 24.3 Å². The second-order valence-corrected chi connectivity index (χ2v) is 5.40. The number of fused-ring (bicyclic) bond motifs is 3. The first-order valence-corrected chi connectivity index (χ1v) is 7.74. The lowest BCUT2D eigenvalue weighted by molar-refractivity contribution is -0.143. The van der Waals surface area contributed by atoms with E-state index in [4.69, 9.17) is 9.57 Å². The number of oxime groups is 1. The Balaban J connectivity index is 1.94. The summed E-state index contributed by atoms with van der Waals surface area (Å²) in [4.78, 5) is 17.3. The van der Waals surface area contributed by atoms with Gasteiger partial charge in [-0.05, 0) is 19.1 Å². The fourth-order valence-electron chi connectivity index (χ4n) is 2.53. The molecule has 23 heavy (non-hydrogen) atoms. The van der Waals surface area contributed by atoms with Gasteiger partial charge < -0.3 is 9.57 Å². The molecule has 116 valence electrons. The first-order valence-electron chi connectivity index (χ1n) is 7.74. The van der Waals surface area contributed by atoms with Crippen molar-refractivity contribution in [1.29, 1.82) is 0 Å². The zero-order valence-electron chi connectivity index (χ0n) is 13.0. The third-order valence-electron chi connectivity index (χ3n) is 3.70. The summed E-state index contributed by atoms with van der Waals surface area (Å²) >= 11 is 0. The van der Waals surface area contributed by atoms with Gasteiger partial charge in [-0.1, -0.05) is 41.0 Å². The number of esters is 1. The molecule has 2 atom stereocenters. The van der Waals surface area contributed by atoms with E-state index in [2.05, 4.69) is 28.8 Å². The van der Waals surface area contributed by atoms with E-state index in [9.17, 15) is 4.79 Å². The van der Waals surface area contributed by atoms with Crippen molar-refractivity contribution in [2.24, 2.45) is 11.1 Å². The number of hydrogen-bond acceptors (Lipinski definition) is 4. The summed E-state index contributed by atoms with van der Waals surface area (Å²) < 4.78 is 5.05. The van der Waals surface area contributed by atoms with Gasteiger partial charge in [0.15, 0.2) is 0 Å². The summed E-state index contributed by atoms with van der Waals surface area (Å²) in [7, 11) is 0. The smallest absolute Gasteiger partial charge is 0.307 e. The van der Waals surface area contributed by atoms with Crippen LogP contribution in [0.15, 0.2) is 29.4 Å². The fraction of sp³-hybridized carbons (Fsp3) is 0.368. The SMILES string of the molecule is CCOC(=O)C[C@H]1C#Cc2ccccc2C#CC[C@H]2CC1=NO2. The number of carbonyl (C=O) groups excluding carboxylic acids is 1. The van der Waals surface area contributed by atoms with Crippen molar-refractivity contribution >= 4 is 11.7 Å². The molecule has 1 aromatic carbocycles. The van der Waals surface area contributed by atoms with Crippen molar-refractivity contribution in [3.05, 3.63) is 35.4 Å². The molecule has 3 rings (SSSR count). The Labute approximate surface area is 135 Å². The first-order chi connectivity index (χ1) is 11.3. The van der Waals surface area contributed by atoms with Crippen LogP contribution in [0.2, 0.25) is 0 Å². The van der Waals surface area contributed by atoms with Crippen molar-refractivity contribution in [2.75, 3.05) is 6.61 Å². The molecule has 0 amide bonds. The van der Waals surface area contributed by atoms with Gasteiger partial charge in [0, 0.05) is 24.0 Å². The van der Waals surface area contributed by atoms with E-state index in [1.54, 1.807) is 6.92 Å². The lowest BCUT2D eigenvalue weighted by Gasteiger charge is -2.09. The topological polar surface area (TPSA) is 47.9 Å². The summed E-state index contributed by atoms with van der Waals surface area (Å²) in [5.41, 5.74) is 2.57. The van der Waals surface area contributed by atoms with Crippen LogP contribution in [0.4, 0.5) is 0 Å². The van der Waals surface area contributed by atoms with Crippen molar-refractivity contribution in [3.8, 4) is 23.7 Å². The maximum atomic E-state index is 11.8. The highest BCUT2D eigenvalue weighted by Crippen LogP contribution is 2.22. The molecule has 0 unspecified atom stereocenters. The highest BCUT2D eigenvalue weighted by Gasteiger charge is 2.28. The molecule has 0 fully saturated rings. The third kappa shape index (κ3) is 3.73. The van der Waals surface area contributed by atoms with E-state index < -0.39 is 0 Å². The molecule has 0 radical (unpaired) electrons. The van der Waals surface area contributed by atoms with Crippen LogP contribution in [-0.2, 0) is 14.4 Å². The zero-order chi connectivity index (χ0) is 16.1. The van der Waals surface area contributed by atoms with Crippen molar-refractivity contribution in [1.82, 2.24) is 0 Å². The molecule has 1 heterocycles. The van der Waals surface area contributed by atoms with Gasteiger partial charge in [-0.25, -0.2) is 0 Å². The van der Waals surface area contributed by atoms with Crippen LogP contribution in [-0.4, -0.2) is 24.4 Å². The molecule has 2 bridgehead atoms. The minimum absolute atomic E-state index is 0.0609. The van der Waals surface area contributed by atoms with E-state index in [0.717, 1.165) is 16.8 Å². The fourth-order valence-corrected chi connectivity index (χ4v) is 2.53. The molecular weight excluding hydrogens is 290 g/mol. The second-order valence-electron chi connectivity index (χ2n) is 5.40.